The number of carboxylic acid groups (broad SMARTS) is 1. The van der Waals surface area contributed by atoms with Crippen molar-refractivity contribution in [3.8, 4) is 0 Å². The predicted molar refractivity (Wildman–Crippen MR) is 55.4 cm³/mol. The lowest BCUT2D eigenvalue weighted by molar-refractivity contribution is -0.151. The van der Waals surface area contributed by atoms with Gasteiger partial charge in [-0.15, -0.1) is 11.8 Å². The van der Waals surface area contributed by atoms with Crippen LogP contribution in [0.25, 0.3) is 0 Å². The van der Waals surface area contributed by atoms with E-state index >= 15 is 0 Å². The molecule has 1 N–H and O–H groups in total. The molecule has 0 aromatic heterocycles. The minimum atomic E-state index is -0.918. The SMILES string of the molecule is CC(SCC(=O)OC(C)(C)C)C(=O)O. The molecule has 0 spiro atoms. The average Bonchev–Trinajstić information content (AvgIpc) is 1.96. The van der Waals surface area contributed by atoms with Crippen molar-refractivity contribution in [1.29, 1.82) is 0 Å². The number of hydrogen-bond donors (Lipinski definition) is 1. The van der Waals surface area contributed by atoms with Gasteiger partial charge in [-0.2, -0.15) is 0 Å². The van der Waals surface area contributed by atoms with Gasteiger partial charge in [-0.1, -0.05) is 0 Å². The molecule has 0 saturated carbocycles. The van der Waals surface area contributed by atoms with E-state index in [0.29, 0.717) is 0 Å². The summed E-state index contributed by atoms with van der Waals surface area (Å²) < 4.78 is 5.02. The fourth-order valence-corrected chi connectivity index (χ4v) is 1.22. The lowest BCUT2D eigenvalue weighted by Gasteiger charge is -2.19. The van der Waals surface area contributed by atoms with Crippen molar-refractivity contribution < 1.29 is 19.4 Å². The molecule has 1 unspecified atom stereocenters. The molecule has 14 heavy (non-hydrogen) atoms. The summed E-state index contributed by atoms with van der Waals surface area (Å²) >= 11 is 1.06. The second-order valence-electron chi connectivity index (χ2n) is 3.88. The number of carboxylic acids is 1. The molecule has 0 aromatic carbocycles. The number of thioether (sulfide) groups is 1. The summed E-state index contributed by atoms with van der Waals surface area (Å²) in [5.41, 5.74) is -0.510. The second kappa shape index (κ2) is 5.24. The predicted octanol–water partition coefficient (Wildman–Crippen LogP) is 1.53. The first-order chi connectivity index (χ1) is 6.22. The topological polar surface area (TPSA) is 63.6 Å². The van der Waals surface area contributed by atoms with Crippen LogP contribution in [0.5, 0.6) is 0 Å². The number of esters is 1. The molecular weight excluding hydrogens is 204 g/mol. The fraction of sp³-hybridized carbons (Fsp3) is 0.778. The molecule has 0 aliphatic rings. The first-order valence-electron chi connectivity index (χ1n) is 4.28. The van der Waals surface area contributed by atoms with Crippen molar-refractivity contribution in [1.82, 2.24) is 0 Å². The van der Waals surface area contributed by atoms with Crippen molar-refractivity contribution in [3.05, 3.63) is 0 Å². The quantitative estimate of drug-likeness (QED) is 0.728. The lowest BCUT2D eigenvalue weighted by Crippen LogP contribution is -2.26. The van der Waals surface area contributed by atoms with Gasteiger partial charge >= 0.3 is 11.9 Å². The Balaban J connectivity index is 3.81. The molecule has 0 heterocycles. The third-order valence-electron chi connectivity index (χ3n) is 1.22. The Kier molecular flexibility index (Phi) is 4.97. The number of aliphatic carboxylic acids is 1. The van der Waals surface area contributed by atoms with Gasteiger partial charge in [-0.3, -0.25) is 9.59 Å². The van der Waals surface area contributed by atoms with Crippen molar-refractivity contribution in [2.24, 2.45) is 0 Å². The largest absolute Gasteiger partial charge is 0.480 e. The van der Waals surface area contributed by atoms with Crippen LogP contribution in [0.15, 0.2) is 0 Å². The standard InChI is InChI=1S/C9H16O4S/c1-6(8(11)12)14-5-7(10)13-9(2,3)4/h6H,5H2,1-4H3,(H,11,12). The number of hydrogen-bond acceptors (Lipinski definition) is 4. The first kappa shape index (κ1) is 13.3. The van der Waals surface area contributed by atoms with E-state index in [1.165, 1.54) is 6.92 Å². The minimum absolute atomic E-state index is 0.0741. The zero-order valence-corrected chi connectivity index (χ0v) is 9.68. The maximum atomic E-state index is 11.1. The monoisotopic (exact) mass is 220 g/mol. The summed E-state index contributed by atoms with van der Waals surface area (Å²) in [5, 5.41) is 7.97. The van der Waals surface area contributed by atoms with Gasteiger partial charge in [0.05, 0.1) is 11.0 Å². The molecule has 0 aliphatic carbocycles. The van der Waals surface area contributed by atoms with E-state index in [1.54, 1.807) is 20.8 Å². The van der Waals surface area contributed by atoms with Crippen LogP contribution in [0, 0.1) is 0 Å². The lowest BCUT2D eigenvalue weighted by atomic mass is 10.2. The molecule has 0 aliphatic heterocycles. The maximum Gasteiger partial charge on any atom is 0.316 e. The van der Waals surface area contributed by atoms with E-state index in [9.17, 15) is 9.59 Å². The van der Waals surface area contributed by atoms with E-state index < -0.39 is 16.8 Å². The van der Waals surface area contributed by atoms with Gasteiger partial charge in [-0.25, -0.2) is 0 Å². The molecule has 5 heteroatoms. The highest BCUT2D eigenvalue weighted by atomic mass is 32.2. The molecule has 4 nitrogen and oxygen atoms in total. The number of ether oxygens (including phenoxy) is 1. The van der Waals surface area contributed by atoms with E-state index in [0.717, 1.165) is 11.8 Å². The van der Waals surface area contributed by atoms with Crippen LogP contribution >= 0.6 is 11.8 Å². The zero-order valence-electron chi connectivity index (χ0n) is 8.86. The van der Waals surface area contributed by atoms with Crippen LogP contribution in [0.1, 0.15) is 27.7 Å². The normalized spacial score (nSPS) is 13.4. The molecule has 0 fully saturated rings. The van der Waals surface area contributed by atoms with Crippen molar-refractivity contribution >= 4 is 23.7 Å². The second-order valence-corrected chi connectivity index (χ2v) is 5.21. The average molecular weight is 220 g/mol. The van der Waals surface area contributed by atoms with Crippen LogP contribution in [0.4, 0.5) is 0 Å². The Morgan fingerprint density at radius 2 is 1.93 bits per heavy atom. The first-order valence-corrected chi connectivity index (χ1v) is 5.33. The fourth-order valence-electron chi connectivity index (χ4n) is 0.635. The van der Waals surface area contributed by atoms with Gasteiger partial charge in [0.1, 0.15) is 5.60 Å². The number of rotatable bonds is 4. The van der Waals surface area contributed by atoms with E-state index in [2.05, 4.69) is 0 Å². The Bertz CT molecular complexity index is 219. The Labute approximate surface area is 88.0 Å². The molecule has 1 atom stereocenters. The van der Waals surface area contributed by atoms with Crippen molar-refractivity contribution in [2.75, 3.05) is 5.75 Å². The van der Waals surface area contributed by atoms with Gasteiger partial charge in [-0.05, 0) is 27.7 Å². The zero-order chi connectivity index (χ0) is 11.4. The highest BCUT2D eigenvalue weighted by molar-refractivity contribution is 8.01. The van der Waals surface area contributed by atoms with Crippen LogP contribution in [-0.4, -0.2) is 33.6 Å². The van der Waals surface area contributed by atoms with E-state index in [4.69, 9.17) is 9.84 Å². The highest BCUT2D eigenvalue weighted by Gasteiger charge is 2.18. The van der Waals surface area contributed by atoms with Crippen LogP contribution in [-0.2, 0) is 14.3 Å². The summed E-state index contributed by atoms with van der Waals surface area (Å²) in [6, 6.07) is 0. The third-order valence-corrected chi connectivity index (χ3v) is 2.32. The molecule has 0 bridgehead atoms. The molecule has 0 saturated heterocycles. The van der Waals surface area contributed by atoms with Crippen LogP contribution in [0.2, 0.25) is 0 Å². The molecule has 0 radical (unpaired) electrons. The summed E-state index contributed by atoms with van der Waals surface area (Å²) in [6.07, 6.45) is 0. The van der Waals surface area contributed by atoms with E-state index in [1.807, 2.05) is 0 Å². The Morgan fingerprint density at radius 1 is 1.43 bits per heavy atom. The summed E-state index contributed by atoms with van der Waals surface area (Å²) in [4.78, 5) is 21.6. The van der Waals surface area contributed by atoms with Gasteiger partial charge in [0.25, 0.3) is 0 Å². The summed E-state index contributed by atoms with van der Waals surface area (Å²) in [5.74, 6) is -1.22. The molecule has 0 aromatic rings. The minimum Gasteiger partial charge on any atom is -0.480 e. The van der Waals surface area contributed by atoms with Crippen LogP contribution < -0.4 is 0 Å². The van der Waals surface area contributed by atoms with Crippen LogP contribution in [0.3, 0.4) is 0 Å². The van der Waals surface area contributed by atoms with Gasteiger partial charge < -0.3 is 9.84 Å². The maximum absolute atomic E-state index is 11.1. The smallest absolute Gasteiger partial charge is 0.316 e. The third kappa shape index (κ3) is 6.77. The van der Waals surface area contributed by atoms with Crippen molar-refractivity contribution in [3.63, 3.8) is 0 Å². The Hall–Kier alpha value is -0.710. The number of carbonyl (C=O) groups is 2. The number of carbonyl (C=O) groups excluding carboxylic acids is 1. The molecular formula is C9H16O4S. The van der Waals surface area contributed by atoms with Gasteiger partial charge in [0.2, 0.25) is 0 Å². The summed E-state index contributed by atoms with van der Waals surface area (Å²) in [7, 11) is 0. The van der Waals surface area contributed by atoms with Gasteiger partial charge in [0.15, 0.2) is 0 Å². The van der Waals surface area contributed by atoms with E-state index in [-0.39, 0.29) is 11.7 Å². The van der Waals surface area contributed by atoms with Gasteiger partial charge in [0, 0.05) is 0 Å². The Morgan fingerprint density at radius 3 is 2.29 bits per heavy atom. The molecule has 0 amide bonds. The van der Waals surface area contributed by atoms with Crippen molar-refractivity contribution in [2.45, 2.75) is 38.5 Å². The molecule has 0 rings (SSSR count). The highest BCUT2D eigenvalue weighted by Crippen LogP contribution is 2.13. The molecule has 82 valence electrons. The summed E-state index contributed by atoms with van der Waals surface area (Å²) in [6.45, 7) is 6.86.